The smallest absolute Gasteiger partial charge is 0.338 e. The van der Waals surface area contributed by atoms with Crippen LogP contribution in [-0.4, -0.2) is 27.8 Å². The zero-order valence-electron chi connectivity index (χ0n) is 16.6. The number of fused-ring (bicyclic) bond motifs is 1. The minimum Gasteiger partial charge on any atom is -0.457 e. The standard InChI is InChI=1S/C22H20N4O4/c1-12-5-19(25-8-14(12)7-23)20-6-15(30-26-20)9-24-10-21(27)16-3-4-17-18(13(16)2)11-29-22(17)28/h3-6,8,21,24,27H,9-11H2,1-2H3. The Morgan fingerprint density at radius 2 is 2.13 bits per heavy atom. The van der Waals surface area contributed by atoms with E-state index in [2.05, 4.69) is 21.5 Å². The summed E-state index contributed by atoms with van der Waals surface area (Å²) < 4.78 is 10.4. The van der Waals surface area contributed by atoms with Gasteiger partial charge in [-0.25, -0.2) is 4.79 Å². The molecule has 4 rings (SSSR count). The van der Waals surface area contributed by atoms with Gasteiger partial charge in [0, 0.05) is 24.4 Å². The maximum absolute atomic E-state index is 11.7. The maximum atomic E-state index is 11.7. The number of aromatic nitrogens is 2. The number of rotatable bonds is 6. The highest BCUT2D eigenvalue weighted by Gasteiger charge is 2.25. The van der Waals surface area contributed by atoms with Gasteiger partial charge in [-0.3, -0.25) is 4.98 Å². The number of nitrogens with zero attached hydrogens (tertiary/aromatic N) is 3. The normalized spacial score (nSPS) is 13.6. The van der Waals surface area contributed by atoms with Gasteiger partial charge in [0.1, 0.15) is 18.4 Å². The van der Waals surface area contributed by atoms with E-state index < -0.39 is 6.10 Å². The van der Waals surface area contributed by atoms with Crippen LogP contribution in [0, 0.1) is 25.2 Å². The van der Waals surface area contributed by atoms with Gasteiger partial charge in [0.05, 0.1) is 29.5 Å². The van der Waals surface area contributed by atoms with E-state index in [0.29, 0.717) is 41.4 Å². The number of aliphatic hydroxyl groups excluding tert-OH is 1. The number of esters is 1. The number of hydrogen-bond donors (Lipinski definition) is 2. The first-order valence-corrected chi connectivity index (χ1v) is 9.49. The summed E-state index contributed by atoms with van der Waals surface area (Å²) in [6, 6.07) is 9.12. The Balaban J connectivity index is 1.38. The van der Waals surface area contributed by atoms with E-state index in [0.717, 1.165) is 22.3 Å². The van der Waals surface area contributed by atoms with Gasteiger partial charge in [-0.05, 0) is 42.7 Å². The van der Waals surface area contributed by atoms with E-state index >= 15 is 0 Å². The van der Waals surface area contributed by atoms with Crippen LogP contribution in [0.3, 0.4) is 0 Å². The lowest BCUT2D eigenvalue weighted by Gasteiger charge is -2.15. The number of nitriles is 1. The fourth-order valence-corrected chi connectivity index (χ4v) is 3.50. The molecule has 8 nitrogen and oxygen atoms in total. The van der Waals surface area contributed by atoms with Crippen molar-refractivity contribution in [2.24, 2.45) is 0 Å². The van der Waals surface area contributed by atoms with Gasteiger partial charge in [0.2, 0.25) is 0 Å². The summed E-state index contributed by atoms with van der Waals surface area (Å²) in [5, 5.41) is 26.8. The number of hydrogen-bond acceptors (Lipinski definition) is 8. The third-order valence-electron chi connectivity index (χ3n) is 5.26. The number of aliphatic hydroxyl groups is 1. The number of benzene rings is 1. The van der Waals surface area contributed by atoms with E-state index in [1.165, 1.54) is 6.20 Å². The molecule has 0 spiro atoms. The molecule has 0 radical (unpaired) electrons. The monoisotopic (exact) mass is 404 g/mol. The summed E-state index contributed by atoms with van der Waals surface area (Å²) in [6.07, 6.45) is 0.779. The second-order valence-electron chi connectivity index (χ2n) is 7.20. The molecule has 1 aliphatic heterocycles. The molecule has 2 N–H and O–H groups in total. The van der Waals surface area contributed by atoms with Crippen molar-refractivity contribution in [2.45, 2.75) is 33.1 Å². The number of carbonyl (C=O) groups excluding carboxylic acids is 1. The molecule has 8 heteroatoms. The first-order chi connectivity index (χ1) is 14.5. The Morgan fingerprint density at radius 3 is 2.90 bits per heavy atom. The molecular formula is C22H20N4O4. The molecule has 2 aromatic heterocycles. The summed E-state index contributed by atoms with van der Waals surface area (Å²) in [5.41, 5.74) is 5.60. The summed E-state index contributed by atoms with van der Waals surface area (Å²) in [4.78, 5) is 15.9. The highest BCUT2D eigenvalue weighted by Crippen LogP contribution is 2.29. The van der Waals surface area contributed by atoms with E-state index in [-0.39, 0.29) is 12.6 Å². The number of cyclic esters (lactones) is 1. The van der Waals surface area contributed by atoms with Crippen molar-refractivity contribution in [1.29, 1.82) is 5.26 Å². The average molecular weight is 404 g/mol. The molecule has 1 atom stereocenters. The fraction of sp³-hybridized carbons (Fsp3) is 0.273. The van der Waals surface area contributed by atoms with Crippen LogP contribution in [0.5, 0.6) is 0 Å². The van der Waals surface area contributed by atoms with Gasteiger partial charge in [-0.15, -0.1) is 0 Å². The Morgan fingerprint density at radius 1 is 1.30 bits per heavy atom. The number of pyridine rings is 1. The van der Waals surface area contributed by atoms with E-state index in [1.807, 2.05) is 13.8 Å². The third kappa shape index (κ3) is 3.68. The topological polar surface area (TPSA) is 121 Å². The number of ether oxygens (including phenoxy) is 1. The van der Waals surface area contributed by atoms with Gasteiger partial charge in [-0.1, -0.05) is 11.2 Å². The highest BCUT2D eigenvalue weighted by molar-refractivity contribution is 5.93. The lowest BCUT2D eigenvalue weighted by atomic mass is 9.95. The molecule has 3 aromatic rings. The summed E-state index contributed by atoms with van der Waals surface area (Å²) in [6.45, 7) is 4.66. The Kier molecular flexibility index (Phi) is 5.31. The lowest BCUT2D eigenvalue weighted by Crippen LogP contribution is -2.21. The maximum Gasteiger partial charge on any atom is 0.338 e. The molecule has 152 valence electrons. The SMILES string of the molecule is Cc1cc(-c2cc(CNCC(O)c3ccc4c(c3C)COC4=O)on2)ncc1C#N. The Bertz CT molecular complexity index is 1160. The molecule has 0 amide bonds. The highest BCUT2D eigenvalue weighted by atomic mass is 16.5. The van der Waals surface area contributed by atoms with Crippen molar-refractivity contribution < 1.29 is 19.2 Å². The summed E-state index contributed by atoms with van der Waals surface area (Å²) in [5.74, 6) is 0.283. The number of nitrogens with one attached hydrogen (secondary N) is 1. The van der Waals surface area contributed by atoms with E-state index in [1.54, 1.807) is 24.3 Å². The van der Waals surface area contributed by atoms with Crippen molar-refractivity contribution >= 4 is 5.97 Å². The second kappa shape index (κ2) is 8.06. The van der Waals surface area contributed by atoms with Crippen LogP contribution in [0.1, 0.15) is 50.0 Å². The predicted octanol–water partition coefficient (Wildman–Crippen LogP) is 2.72. The Labute approximate surface area is 173 Å². The van der Waals surface area contributed by atoms with E-state index in [4.69, 9.17) is 14.5 Å². The molecule has 0 fully saturated rings. The minimum atomic E-state index is -0.740. The summed E-state index contributed by atoms with van der Waals surface area (Å²) in [7, 11) is 0. The molecular weight excluding hydrogens is 384 g/mol. The van der Waals surface area contributed by atoms with Gasteiger partial charge in [0.15, 0.2) is 5.76 Å². The molecule has 1 unspecified atom stereocenters. The predicted molar refractivity (Wildman–Crippen MR) is 106 cm³/mol. The number of carbonyl (C=O) groups is 1. The molecule has 0 bridgehead atoms. The summed E-state index contributed by atoms with van der Waals surface area (Å²) >= 11 is 0. The van der Waals surface area contributed by atoms with Crippen LogP contribution in [0.2, 0.25) is 0 Å². The second-order valence-corrected chi connectivity index (χ2v) is 7.20. The number of aryl methyl sites for hydroxylation is 1. The largest absolute Gasteiger partial charge is 0.457 e. The van der Waals surface area contributed by atoms with Gasteiger partial charge < -0.3 is 19.7 Å². The van der Waals surface area contributed by atoms with Crippen molar-refractivity contribution in [3.8, 4) is 17.5 Å². The minimum absolute atomic E-state index is 0.248. The zero-order valence-corrected chi connectivity index (χ0v) is 16.6. The van der Waals surface area contributed by atoms with Gasteiger partial charge in [0.25, 0.3) is 0 Å². The molecule has 0 saturated heterocycles. The Hall–Kier alpha value is -3.54. The molecule has 3 heterocycles. The van der Waals surface area contributed by atoms with Crippen LogP contribution in [0.15, 0.2) is 35.0 Å². The third-order valence-corrected chi connectivity index (χ3v) is 5.26. The zero-order chi connectivity index (χ0) is 21.3. The van der Waals surface area contributed by atoms with Crippen LogP contribution in [0.4, 0.5) is 0 Å². The molecule has 0 saturated carbocycles. The average Bonchev–Trinajstić information content (AvgIpc) is 3.36. The van der Waals surface area contributed by atoms with Crippen molar-refractivity contribution in [3.05, 3.63) is 69.6 Å². The molecule has 1 aromatic carbocycles. The quantitative estimate of drug-likeness (QED) is 0.602. The first-order valence-electron chi connectivity index (χ1n) is 9.49. The first kappa shape index (κ1) is 19.8. The molecule has 1 aliphatic rings. The van der Waals surface area contributed by atoms with Gasteiger partial charge >= 0.3 is 5.97 Å². The van der Waals surface area contributed by atoms with Crippen LogP contribution >= 0.6 is 0 Å². The van der Waals surface area contributed by atoms with Crippen molar-refractivity contribution in [1.82, 2.24) is 15.5 Å². The van der Waals surface area contributed by atoms with Crippen LogP contribution < -0.4 is 5.32 Å². The molecule has 30 heavy (non-hydrogen) atoms. The van der Waals surface area contributed by atoms with E-state index in [9.17, 15) is 9.90 Å². The van der Waals surface area contributed by atoms with Crippen LogP contribution in [-0.2, 0) is 17.9 Å². The van der Waals surface area contributed by atoms with Crippen molar-refractivity contribution in [2.75, 3.05) is 6.54 Å². The lowest BCUT2D eigenvalue weighted by molar-refractivity contribution is 0.0535. The van der Waals surface area contributed by atoms with Crippen molar-refractivity contribution in [3.63, 3.8) is 0 Å². The van der Waals surface area contributed by atoms with Gasteiger partial charge in [-0.2, -0.15) is 5.26 Å². The fourth-order valence-electron chi connectivity index (χ4n) is 3.50. The van der Waals surface area contributed by atoms with Crippen LogP contribution in [0.25, 0.3) is 11.4 Å². The molecule has 0 aliphatic carbocycles.